The zero-order valence-electron chi connectivity index (χ0n) is 14.5. The highest BCUT2D eigenvalue weighted by Crippen LogP contribution is 2.38. The summed E-state index contributed by atoms with van der Waals surface area (Å²) in [6.45, 7) is -0.00955. The number of benzene rings is 1. The van der Waals surface area contributed by atoms with Crippen molar-refractivity contribution in [3.05, 3.63) is 47.2 Å². The first-order valence-electron chi connectivity index (χ1n) is 7.61. The van der Waals surface area contributed by atoms with Crippen LogP contribution in [0.5, 0.6) is 17.2 Å². The van der Waals surface area contributed by atoms with Crippen LogP contribution in [0, 0.1) is 0 Å². The molecule has 8 heteroatoms. The van der Waals surface area contributed by atoms with Gasteiger partial charge in [0.25, 0.3) is 0 Å². The van der Waals surface area contributed by atoms with Crippen molar-refractivity contribution in [2.75, 3.05) is 21.3 Å². The summed E-state index contributed by atoms with van der Waals surface area (Å²) in [5.41, 5.74) is 0.802. The van der Waals surface area contributed by atoms with E-state index >= 15 is 0 Å². The van der Waals surface area contributed by atoms with Crippen molar-refractivity contribution in [3.63, 3.8) is 0 Å². The van der Waals surface area contributed by atoms with E-state index in [2.05, 4.69) is 4.98 Å². The van der Waals surface area contributed by atoms with E-state index in [1.807, 2.05) is 17.5 Å². The molecule has 7 nitrogen and oxygen atoms in total. The molecule has 0 bridgehead atoms. The number of aromatic nitrogens is 1. The molecule has 0 spiro atoms. The van der Waals surface area contributed by atoms with Gasteiger partial charge in [-0.3, -0.25) is 0 Å². The summed E-state index contributed by atoms with van der Waals surface area (Å²) < 4.78 is 26.4. The standard InChI is InChI=1S/C18H17NO6S/c1-21-13-7-11(8-14(22-2)16(13)23-3)18(20)25-10-12-9-24-17(19-12)15-5-4-6-26-15/h4-9H,10H2,1-3H3. The Morgan fingerprint density at radius 2 is 1.88 bits per heavy atom. The molecule has 0 saturated heterocycles. The Kier molecular flexibility index (Phi) is 5.43. The Morgan fingerprint density at radius 3 is 2.46 bits per heavy atom. The van der Waals surface area contributed by atoms with E-state index in [0.29, 0.717) is 28.8 Å². The number of esters is 1. The lowest BCUT2D eigenvalue weighted by Gasteiger charge is -2.13. The van der Waals surface area contributed by atoms with Crippen LogP contribution in [0.3, 0.4) is 0 Å². The van der Waals surface area contributed by atoms with Gasteiger partial charge in [0.15, 0.2) is 11.5 Å². The lowest BCUT2D eigenvalue weighted by molar-refractivity contribution is 0.0467. The summed E-state index contributed by atoms with van der Waals surface area (Å²) in [5.74, 6) is 1.12. The molecule has 0 aliphatic heterocycles. The van der Waals surface area contributed by atoms with Crippen molar-refractivity contribution in [1.82, 2.24) is 4.98 Å². The number of hydrogen-bond donors (Lipinski definition) is 0. The molecule has 0 aliphatic carbocycles. The third kappa shape index (κ3) is 3.65. The highest BCUT2D eigenvalue weighted by molar-refractivity contribution is 7.13. The summed E-state index contributed by atoms with van der Waals surface area (Å²) in [4.78, 5) is 17.6. The number of oxazole rings is 1. The van der Waals surface area contributed by atoms with E-state index in [-0.39, 0.29) is 12.2 Å². The fraction of sp³-hybridized carbons (Fsp3) is 0.222. The zero-order chi connectivity index (χ0) is 18.5. The molecule has 136 valence electrons. The molecular formula is C18H17NO6S. The van der Waals surface area contributed by atoms with Crippen molar-refractivity contribution >= 4 is 17.3 Å². The minimum atomic E-state index is -0.537. The third-order valence-corrected chi connectivity index (χ3v) is 4.39. The van der Waals surface area contributed by atoms with Crippen LogP contribution >= 0.6 is 11.3 Å². The van der Waals surface area contributed by atoms with Crippen LogP contribution in [0.4, 0.5) is 0 Å². The second-order valence-corrected chi connectivity index (χ2v) is 6.06. The van der Waals surface area contributed by atoms with Gasteiger partial charge in [0.2, 0.25) is 11.6 Å². The van der Waals surface area contributed by atoms with Crippen molar-refractivity contribution in [3.8, 4) is 28.0 Å². The van der Waals surface area contributed by atoms with Crippen LogP contribution in [0.1, 0.15) is 16.1 Å². The van der Waals surface area contributed by atoms with Gasteiger partial charge in [-0.15, -0.1) is 11.3 Å². The molecule has 2 heterocycles. The average molecular weight is 375 g/mol. The molecular weight excluding hydrogens is 358 g/mol. The maximum atomic E-state index is 12.4. The fourth-order valence-electron chi connectivity index (χ4n) is 2.31. The summed E-state index contributed by atoms with van der Waals surface area (Å²) in [7, 11) is 4.45. The van der Waals surface area contributed by atoms with E-state index in [1.54, 1.807) is 0 Å². The number of nitrogens with zero attached hydrogens (tertiary/aromatic N) is 1. The van der Waals surface area contributed by atoms with Crippen LogP contribution < -0.4 is 14.2 Å². The molecule has 3 rings (SSSR count). The van der Waals surface area contributed by atoms with Gasteiger partial charge in [0.05, 0.1) is 31.8 Å². The number of thiophene rings is 1. The maximum absolute atomic E-state index is 12.4. The quantitative estimate of drug-likeness (QED) is 0.581. The number of carbonyl (C=O) groups is 1. The molecule has 0 amide bonds. The van der Waals surface area contributed by atoms with Gasteiger partial charge < -0.3 is 23.4 Å². The topological polar surface area (TPSA) is 80.0 Å². The number of rotatable bonds is 7. The Balaban J connectivity index is 1.72. The highest BCUT2D eigenvalue weighted by Gasteiger charge is 2.18. The molecule has 0 saturated carbocycles. The van der Waals surface area contributed by atoms with E-state index in [1.165, 1.54) is 51.1 Å². The number of carbonyl (C=O) groups excluding carboxylic acids is 1. The van der Waals surface area contributed by atoms with Gasteiger partial charge in [0, 0.05) is 0 Å². The third-order valence-electron chi connectivity index (χ3n) is 3.54. The fourth-order valence-corrected chi connectivity index (χ4v) is 2.96. The van der Waals surface area contributed by atoms with Gasteiger partial charge in [-0.25, -0.2) is 9.78 Å². The Labute approximate surface area is 154 Å². The van der Waals surface area contributed by atoms with E-state index in [0.717, 1.165) is 4.88 Å². The van der Waals surface area contributed by atoms with Crippen LogP contribution in [-0.4, -0.2) is 32.3 Å². The SMILES string of the molecule is COc1cc(C(=O)OCc2coc(-c3cccs3)n2)cc(OC)c1OC. The molecule has 2 aromatic heterocycles. The summed E-state index contributed by atoms with van der Waals surface area (Å²) in [5, 5.41) is 1.93. The monoisotopic (exact) mass is 375 g/mol. The maximum Gasteiger partial charge on any atom is 0.338 e. The van der Waals surface area contributed by atoms with Crippen LogP contribution in [0.2, 0.25) is 0 Å². The molecule has 0 atom stereocenters. The molecule has 0 radical (unpaired) electrons. The molecule has 0 fully saturated rings. The average Bonchev–Trinajstić information content (AvgIpc) is 3.36. The molecule has 0 N–H and O–H groups in total. The summed E-state index contributed by atoms with van der Waals surface area (Å²) in [6.07, 6.45) is 1.47. The van der Waals surface area contributed by atoms with Gasteiger partial charge in [-0.05, 0) is 23.6 Å². The molecule has 3 aromatic rings. The Morgan fingerprint density at radius 1 is 1.15 bits per heavy atom. The van der Waals surface area contributed by atoms with Crippen molar-refractivity contribution < 1.29 is 28.2 Å². The van der Waals surface area contributed by atoms with E-state index in [4.69, 9.17) is 23.4 Å². The number of ether oxygens (including phenoxy) is 4. The first kappa shape index (κ1) is 17.8. The minimum Gasteiger partial charge on any atom is -0.493 e. The molecule has 1 aromatic carbocycles. The lowest BCUT2D eigenvalue weighted by atomic mass is 10.2. The summed E-state index contributed by atoms with van der Waals surface area (Å²) in [6, 6.07) is 6.88. The Bertz CT molecular complexity index is 862. The number of methoxy groups -OCH3 is 3. The molecule has 0 unspecified atom stereocenters. The molecule has 26 heavy (non-hydrogen) atoms. The second-order valence-electron chi connectivity index (χ2n) is 5.11. The van der Waals surface area contributed by atoms with Crippen molar-refractivity contribution in [1.29, 1.82) is 0 Å². The first-order chi connectivity index (χ1) is 12.7. The first-order valence-corrected chi connectivity index (χ1v) is 8.49. The predicted molar refractivity (Wildman–Crippen MR) is 95.0 cm³/mol. The molecule has 0 aliphatic rings. The van der Waals surface area contributed by atoms with Crippen LogP contribution in [0.25, 0.3) is 10.8 Å². The second kappa shape index (κ2) is 7.92. The van der Waals surface area contributed by atoms with E-state index in [9.17, 15) is 4.79 Å². The smallest absolute Gasteiger partial charge is 0.338 e. The van der Waals surface area contributed by atoms with Crippen molar-refractivity contribution in [2.45, 2.75) is 6.61 Å². The zero-order valence-corrected chi connectivity index (χ0v) is 15.3. The van der Waals surface area contributed by atoms with Gasteiger partial charge in [-0.2, -0.15) is 0 Å². The Hall–Kier alpha value is -3.00. The number of hydrogen-bond acceptors (Lipinski definition) is 8. The normalized spacial score (nSPS) is 10.4. The lowest BCUT2D eigenvalue weighted by Crippen LogP contribution is -2.07. The highest BCUT2D eigenvalue weighted by atomic mass is 32.1. The largest absolute Gasteiger partial charge is 0.493 e. The van der Waals surface area contributed by atoms with E-state index < -0.39 is 5.97 Å². The summed E-state index contributed by atoms with van der Waals surface area (Å²) >= 11 is 1.52. The van der Waals surface area contributed by atoms with Crippen LogP contribution in [0.15, 0.2) is 40.3 Å². The van der Waals surface area contributed by atoms with Gasteiger partial charge in [-0.1, -0.05) is 6.07 Å². The van der Waals surface area contributed by atoms with Crippen molar-refractivity contribution in [2.24, 2.45) is 0 Å². The van der Waals surface area contributed by atoms with Gasteiger partial charge >= 0.3 is 5.97 Å². The van der Waals surface area contributed by atoms with Crippen LogP contribution in [-0.2, 0) is 11.3 Å². The van der Waals surface area contributed by atoms with Gasteiger partial charge in [0.1, 0.15) is 18.6 Å². The minimum absolute atomic E-state index is 0.00955. The predicted octanol–water partition coefficient (Wildman–Crippen LogP) is 3.79.